The first-order chi connectivity index (χ1) is 9.15. The van der Waals surface area contributed by atoms with Crippen molar-refractivity contribution >= 4 is 21.8 Å². The van der Waals surface area contributed by atoms with Crippen molar-refractivity contribution in [2.24, 2.45) is 0 Å². The highest BCUT2D eigenvalue weighted by Crippen LogP contribution is 2.25. The number of carbonyl (C=O) groups excluding carboxylic acids is 1. The number of ether oxygens (including phenoxy) is 1. The number of rotatable bonds is 5. The number of amides is 1. The molecule has 19 heavy (non-hydrogen) atoms. The number of aromatic nitrogens is 3. The minimum Gasteiger partial charge on any atom is -0.483 e. The Bertz CT molecular complexity index is 562. The van der Waals surface area contributed by atoms with E-state index < -0.39 is 0 Å². The van der Waals surface area contributed by atoms with Crippen LogP contribution < -0.4 is 10.1 Å². The Morgan fingerprint density at radius 2 is 2.37 bits per heavy atom. The normalized spacial score (nSPS) is 10.2. The number of nitrogens with one attached hydrogen (secondary N) is 2. The molecular formula is C11H10BrFN4O2. The minimum absolute atomic E-state index is 0.168. The maximum atomic E-state index is 12.8. The number of H-pyrrole nitrogens is 1. The molecule has 8 heteroatoms. The lowest BCUT2D eigenvalue weighted by Gasteiger charge is -2.08. The van der Waals surface area contributed by atoms with Crippen LogP contribution in [0.15, 0.2) is 29.0 Å². The Balaban J connectivity index is 1.80. The molecule has 100 valence electrons. The number of hydrogen-bond donors (Lipinski definition) is 2. The molecule has 0 saturated heterocycles. The molecule has 1 amide bonds. The van der Waals surface area contributed by atoms with Crippen LogP contribution in [0.2, 0.25) is 0 Å². The van der Waals surface area contributed by atoms with Crippen LogP contribution in [0.1, 0.15) is 5.82 Å². The van der Waals surface area contributed by atoms with E-state index in [-0.39, 0.29) is 24.9 Å². The standard InChI is InChI=1S/C11H10BrFN4O2/c12-8-3-7(13)1-2-9(8)19-5-11(18)14-4-10-15-6-16-17-10/h1-3,6H,4-5H2,(H,14,18)(H,15,16,17). The molecule has 0 atom stereocenters. The summed E-state index contributed by atoms with van der Waals surface area (Å²) in [6.07, 6.45) is 1.35. The molecule has 0 aliphatic carbocycles. The van der Waals surface area contributed by atoms with Crippen LogP contribution in [0.4, 0.5) is 4.39 Å². The van der Waals surface area contributed by atoms with Crippen molar-refractivity contribution in [2.75, 3.05) is 6.61 Å². The third-order valence-corrected chi connectivity index (χ3v) is 2.79. The molecule has 0 saturated carbocycles. The highest BCUT2D eigenvalue weighted by molar-refractivity contribution is 9.10. The van der Waals surface area contributed by atoms with Crippen LogP contribution in [0.3, 0.4) is 0 Å². The van der Waals surface area contributed by atoms with E-state index in [1.165, 1.54) is 24.5 Å². The summed E-state index contributed by atoms with van der Waals surface area (Å²) in [6.45, 7) is 0.0746. The summed E-state index contributed by atoms with van der Waals surface area (Å²) in [4.78, 5) is 15.4. The Morgan fingerprint density at radius 3 is 3.05 bits per heavy atom. The molecule has 2 N–H and O–H groups in total. The number of aromatic amines is 1. The summed E-state index contributed by atoms with van der Waals surface area (Å²) < 4.78 is 18.5. The van der Waals surface area contributed by atoms with Crippen LogP contribution in [0.5, 0.6) is 5.75 Å². The summed E-state index contributed by atoms with van der Waals surface area (Å²) in [5, 5.41) is 8.87. The summed E-state index contributed by atoms with van der Waals surface area (Å²) >= 11 is 3.15. The van der Waals surface area contributed by atoms with E-state index in [9.17, 15) is 9.18 Å². The average Bonchev–Trinajstić information content (AvgIpc) is 2.88. The van der Waals surface area contributed by atoms with Gasteiger partial charge in [0.15, 0.2) is 6.61 Å². The molecule has 0 spiro atoms. The molecule has 0 aliphatic rings. The van der Waals surface area contributed by atoms with Crippen molar-refractivity contribution in [1.82, 2.24) is 20.5 Å². The second kappa shape index (κ2) is 6.28. The Kier molecular flexibility index (Phi) is 4.45. The van der Waals surface area contributed by atoms with Gasteiger partial charge in [-0.2, -0.15) is 5.10 Å². The first kappa shape index (κ1) is 13.5. The molecule has 2 aromatic rings. The van der Waals surface area contributed by atoms with E-state index in [4.69, 9.17) is 4.74 Å². The molecule has 0 fully saturated rings. The van der Waals surface area contributed by atoms with Gasteiger partial charge in [-0.1, -0.05) is 0 Å². The van der Waals surface area contributed by atoms with Crippen molar-refractivity contribution in [1.29, 1.82) is 0 Å². The van der Waals surface area contributed by atoms with Crippen molar-refractivity contribution in [3.05, 3.63) is 40.6 Å². The maximum absolute atomic E-state index is 12.8. The fourth-order valence-corrected chi connectivity index (χ4v) is 1.75. The average molecular weight is 329 g/mol. The Hall–Kier alpha value is -1.96. The van der Waals surface area contributed by atoms with Gasteiger partial charge in [-0.25, -0.2) is 9.37 Å². The van der Waals surface area contributed by atoms with Gasteiger partial charge >= 0.3 is 0 Å². The molecule has 1 heterocycles. The molecule has 2 rings (SSSR count). The second-order valence-corrected chi connectivity index (χ2v) is 4.43. The summed E-state index contributed by atoms with van der Waals surface area (Å²) in [5.41, 5.74) is 0. The third-order valence-electron chi connectivity index (χ3n) is 2.17. The molecule has 1 aromatic carbocycles. The zero-order valence-corrected chi connectivity index (χ0v) is 11.3. The lowest BCUT2D eigenvalue weighted by atomic mass is 10.3. The van der Waals surface area contributed by atoms with Crippen molar-refractivity contribution in [3.8, 4) is 5.75 Å². The van der Waals surface area contributed by atoms with E-state index in [2.05, 4.69) is 36.4 Å². The van der Waals surface area contributed by atoms with Crippen LogP contribution in [0.25, 0.3) is 0 Å². The lowest BCUT2D eigenvalue weighted by Crippen LogP contribution is -2.28. The lowest BCUT2D eigenvalue weighted by molar-refractivity contribution is -0.123. The quantitative estimate of drug-likeness (QED) is 0.869. The molecule has 0 bridgehead atoms. The summed E-state index contributed by atoms with van der Waals surface area (Å²) in [7, 11) is 0. The van der Waals surface area contributed by atoms with Crippen LogP contribution in [-0.4, -0.2) is 27.7 Å². The van der Waals surface area contributed by atoms with Crippen LogP contribution in [0, 0.1) is 5.82 Å². The highest BCUT2D eigenvalue weighted by atomic mass is 79.9. The zero-order chi connectivity index (χ0) is 13.7. The molecule has 0 radical (unpaired) electrons. The van der Waals surface area contributed by atoms with Crippen LogP contribution >= 0.6 is 15.9 Å². The molecular weight excluding hydrogens is 319 g/mol. The van der Waals surface area contributed by atoms with Gasteiger partial charge in [0, 0.05) is 0 Å². The molecule has 6 nitrogen and oxygen atoms in total. The molecule has 0 unspecified atom stereocenters. The number of hydrogen-bond acceptors (Lipinski definition) is 4. The smallest absolute Gasteiger partial charge is 0.258 e. The van der Waals surface area contributed by atoms with Crippen molar-refractivity contribution in [2.45, 2.75) is 6.54 Å². The van der Waals surface area contributed by atoms with E-state index in [0.29, 0.717) is 16.0 Å². The summed E-state index contributed by atoms with van der Waals surface area (Å²) in [5.74, 6) is 0.258. The minimum atomic E-state index is -0.381. The van der Waals surface area contributed by atoms with Gasteiger partial charge in [0.25, 0.3) is 5.91 Å². The predicted octanol–water partition coefficient (Wildman–Crippen LogP) is 1.40. The van der Waals surface area contributed by atoms with E-state index >= 15 is 0 Å². The SMILES string of the molecule is O=C(COc1ccc(F)cc1Br)NCc1ncn[nH]1. The zero-order valence-electron chi connectivity index (χ0n) is 9.69. The Labute approximate surface area is 116 Å². The number of carbonyl (C=O) groups is 1. The highest BCUT2D eigenvalue weighted by Gasteiger charge is 2.07. The molecule has 0 aliphatic heterocycles. The number of halogens is 2. The topological polar surface area (TPSA) is 79.9 Å². The van der Waals surface area contributed by atoms with E-state index in [0.717, 1.165) is 0 Å². The van der Waals surface area contributed by atoms with Crippen molar-refractivity contribution in [3.63, 3.8) is 0 Å². The van der Waals surface area contributed by atoms with E-state index in [1.54, 1.807) is 0 Å². The fourth-order valence-electron chi connectivity index (χ4n) is 1.28. The van der Waals surface area contributed by atoms with Gasteiger partial charge in [0.1, 0.15) is 23.7 Å². The Morgan fingerprint density at radius 1 is 1.53 bits per heavy atom. The van der Waals surface area contributed by atoms with Gasteiger partial charge in [-0.15, -0.1) is 0 Å². The van der Waals surface area contributed by atoms with Crippen LogP contribution in [-0.2, 0) is 11.3 Å². The largest absolute Gasteiger partial charge is 0.483 e. The summed E-state index contributed by atoms with van der Waals surface area (Å²) in [6, 6.07) is 3.97. The predicted molar refractivity (Wildman–Crippen MR) is 67.8 cm³/mol. The first-order valence-electron chi connectivity index (χ1n) is 5.34. The van der Waals surface area contributed by atoms with Gasteiger partial charge in [0.2, 0.25) is 0 Å². The third kappa shape index (κ3) is 4.02. The van der Waals surface area contributed by atoms with Crippen molar-refractivity contribution < 1.29 is 13.9 Å². The second-order valence-electron chi connectivity index (χ2n) is 3.57. The maximum Gasteiger partial charge on any atom is 0.258 e. The van der Waals surface area contributed by atoms with Gasteiger partial charge in [-0.05, 0) is 34.1 Å². The number of nitrogens with zero attached hydrogens (tertiary/aromatic N) is 2. The number of benzene rings is 1. The van der Waals surface area contributed by atoms with Gasteiger partial charge in [0.05, 0.1) is 11.0 Å². The first-order valence-corrected chi connectivity index (χ1v) is 6.13. The molecule has 1 aromatic heterocycles. The van der Waals surface area contributed by atoms with Gasteiger partial charge in [-0.3, -0.25) is 9.89 Å². The van der Waals surface area contributed by atoms with Gasteiger partial charge < -0.3 is 10.1 Å². The monoisotopic (exact) mass is 328 g/mol. The fraction of sp³-hybridized carbons (Fsp3) is 0.182. The van der Waals surface area contributed by atoms with E-state index in [1.807, 2.05) is 0 Å².